The number of morpholine rings is 1. The molecule has 112 valence electrons. The molecule has 1 aromatic rings. The Morgan fingerprint density at radius 1 is 1.48 bits per heavy atom. The summed E-state index contributed by atoms with van der Waals surface area (Å²) < 4.78 is 9.83. The summed E-state index contributed by atoms with van der Waals surface area (Å²) in [6.45, 7) is 0.572. The van der Waals surface area contributed by atoms with E-state index in [4.69, 9.17) is 4.74 Å². The Hall–Kier alpha value is -2.48. The van der Waals surface area contributed by atoms with Gasteiger partial charge in [0.05, 0.1) is 25.2 Å². The zero-order chi connectivity index (χ0) is 15.4. The first kappa shape index (κ1) is 14.9. The first-order valence-corrected chi connectivity index (χ1v) is 6.25. The molecular weight excluding hydrogens is 280 g/mol. The molecule has 0 aromatic heterocycles. The van der Waals surface area contributed by atoms with Gasteiger partial charge in [0, 0.05) is 24.2 Å². The highest BCUT2D eigenvalue weighted by molar-refractivity contribution is 5.97. The molecule has 0 aliphatic carbocycles. The highest BCUT2D eigenvalue weighted by Crippen LogP contribution is 2.18. The molecule has 8 heteroatoms. The number of nitro benzene ring substituents is 1. The third-order valence-corrected chi connectivity index (χ3v) is 3.17. The summed E-state index contributed by atoms with van der Waals surface area (Å²) in [7, 11) is 1.23. The van der Waals surface area contributed by atoms with Gasteiger partial charge < -0.3 is 14.4 Å². The Balaban J connectivity index is 2.26. The zero-order valence-corrected chi connectivity index (χ0v) is 11.4. The predicted molar refractivity (Wildman–Crippen MR) is 70.8 cm³/mol. The van der Waals surface area contributed by atoms with E-state index in [0.29, 0.717) is 6.61 Å². The van der Waals surface area contributed by atoms with Crippen LogP contribution in [0.2, 0.25) is 0 Å². The van der Waals surface area contributed by atoms with Crippen LogP contribution in [0, 0.1) is 10.1 Å². The fourth-order valence-electron chi connectivity index (χ4n) is 2.10. The number of non-ortho nitro benzene ring substituents is 1. The smallest absolute Gasteiger partial charge is 0.331 e. The Morgan fingerprint density at radius 2 is 2.24 bits per heavy atom. The summed E-state index contributed by atoms with van der Waals surface area (Å²) in [5.74, 6) is -1.04. The number of hydrogen-bond acceptors (Lipinski definition) is 6. The number of methoxy groups -OCH3 is 1. The van der Waals surface area contributed by atoms with Crippen LogP contribution in [0.4, 0.5) is 5.69 Å². The summed E-state index contributed by atoms with van der Waals surface area (Å²) in [4.78, 5) is 35.6. The molecule has 2 rings (SSSR count). The van der Waals surface area contributed by atoms with E-state index in [1.807, 2.05) is 0 Å². The van der Waals surface area contributed by atoms with E-state index in [0.717, 1.165) is 0 Å². The van der Waals surface area contributed by atoms with E-state index in [-0.39, 0.29) is 24.4 Å². The van der Waals surface area contributed by atoms with E-state index < -0.39 is 22.8 Å². The maximum absolute atomic E-state index is 12.4. The van der Waals surface area contributed by atoms with Crippen molar-refractivity contribution >= 4 is 17.6 Å². The summed E-state index contributed by atoms with van der Waals surface area (Å²) in [6, 6.07) is 4.55. The first-order chi connectivity index (χ1) is 10.0. The van der Waals surface area contributed by atoms with Gasteiger partial charge in [0.2, 0.25) is 0 Å². The molecule has 1 atom stereocenters. The number of rotatable bonds is 3. The highest BCUT2D eigenvalue weighted by Gasteiger charge is 2.34. The van der Waals surface area contributed by atoms with Gasteiger partial charge in [0.25, 0.3) is 11.6 Å². The zero-order valence-electron chi connectivity index (χ0n) is 11.4. The predicted octanol–water partition coefficient (Wildman–Crippen LogP) is 0.609. The summed E-state index contributed by atoms with van der Waals surface area (Å²) in [5, 5.41) is 10.8. The number of amides is 1. The Labute approximate surface area is 120 Å². The maximum Gasteiger partial charge on any atom is 0.331 e. The van der Waals surface area contributed by atoms with E-state index in [2.05, 4.69) is 4.74 Å². The molecule has 0 radical (unpaired) electrons. The van der Waals surface area contributed by atoms with Crippen molar-refractivity contribution in [1.29, 1.82) is 0 Å². The Bertz CT molecular complexity index is 574. The molecule has 1 heterocycles. The summed E-state index contributed by atoms with van der Waals surface area (Å²) in [5.41, 5.74) is -0.0243. The number of esters is 1. The van der Waals surface area contributed by atoms with Crippen LogP contribution in [0.25, 0.3) is 0 Å². The quantitative estimate of drug-likeness (QED) is 0.460. The molecular formula is C13H14N2O6. The van der Waals surface area contributed by atoms with Gasteiger partial charge in [0.1, 0.15) is 0 Å². The van der Waals surface area contributed by atoms with Gasteiger partial charge in [-0.25, -0.2) is 4.79 Å². The standard InChI is InChI=1S/C13H14N2O6/c1-20-13(17)11-8-21-6-5-14(11)12(16)9-3-2-4-10(7-9)15(18)19/h2-4,7,11H,5-6,8H2,1H3. The molecule has 1 aliphatic heterocycles. The van der Waals surface area contributed by atoms with Crippen LogP contribution in [0.3, 0.4) is 0 Å². The van der Waals surface area contributed by atoms with Gasteiger partial charge in [-0.05, 0) is 6.07 Å². The molecule has 1 saturated heterocycles. The van der Waals surface area contributed by atoms with E-state index in [1.54, 1.807) is 0 Å². The maximum atomic E-state index is 12.4. The number of carbonyl (C=O) groups is 2. The third kappa shape index (κ3) is 3.16. The van der Waals surface area contributed by atoms with Crippen molar-refractivity contribution in [1.82, 2.24) is 4.90 Å². The average molecular weight is 294 g/mol. The van der Waals surface area contributed by atoms with E-state index >= 15 is 0 Å². The van der Waals surface area contributed by atoms with Crippen LogP contribution in [-0.2, 0) is 14.3 Å². The lowest BCUT2D eigenvalue weighted by Gasteiger charge is -2.33. The largest absolute Gasteiger partial charge is 0.467 e. The molecule has 21 heavy (non-hydrogen) atoms. The van der Waals surface area contributed by atoms with Crippen molar-refractivity contribution < 1.29 is 24.0 Å². The fourth-order valence-corrected chi connectivity index (χ4v) is 2.10. The second-order valence-corrected chi connectivity index (χ2v) is 4.42. The number of ether oxygens (including phenoxy) is 2. The van der Waals surface area contributed by atoms with Crippen LogP contribution in [0.5, 0.6) is 0 Å². The number of benzene rings is 1. The van der Waals surface area contributed by atoms with Crippen LogP contribution in [0.15, 0.2) is 24.3 Å². The molecule has 0 spiro atoms. The fraction of sp³-hybridized carbons (Fsp3) is 0.385. The minimum Gasteiger partial charge on any atom is -0.467 e. The Morgan fingerprint density at radius 3 is 2.90 bits per heavy atom. The summed E-state index contributed by atoms with van der Waals surface area (Å²) >= 11 is 0. The van der Waals surface area contributed by atoms with E-state index in [1.165, 1.54) is 36.3 Å². The first-order valence-electron chi connectivity index (χ1n) is 6.25. The molecule has 0 saturated carbocycles. The van der Waals surface area contributed by atoms with Crippen molar-refractivity contribution in [3.63, 3.8) is 0 Å². The second-order valence-electron chi connectivity index (χ2n) is 4.42. The van der Waals surface area contributed by atoms with Crippen molar-refractivity contribution in [2.75, 3.05) is 26.9 Å². The molecule has 0 bridgehead atoms. The van der Waals surface area contributed by atoms with Crippen molar-refractivity contribution in [3.05, 3.63) is 39.9 Å². The lowest BCUT2D eigenvalue weighted by atomic mass is 10.1. The number of nitro groups is 1. The van der Waals surface area contributed by atoms with Crippen molar-refractivity contribution in [2.45, 2.75) is 6.04 Å². The van der Waals surface area contributed by atoms with Crippen molar-refractivity contribution in [3.8, 4) is 0 Å². The molecule has 1 unspecified atom stereocenters. The minimum absolute atomic E-state index is 0.0489. The summed E-state index contributed by atoms with van der Waals surface area (Å²) in [6.07, 6.45) is 0. The Kier molecular flexibility index (Phi) is 4.49. The van der Waals surface area contributed by atoms with Crippen LogP contribution >= 0.6 is 0 Å². The molecule has 1 amide bonds. The van der Waals surface area contributed by atoms with Crippen molar-refractivity contribution in [2.24, 2.45) is 0 Å². The van der Waals surface area contributed by atoms with Gasteiger partial charge in [-0.3, -0.25) is 14.9 Å². The lowest BCUT2D eigenvalue weighted by Crippen LogP contribution is -2.53. The van der Waals surface area contributed by atoms with Gasteiger partial charge in [0.15, 0.2) is 6.04 Å². The van der Waals surface area contributed by atoms with Gasteiger partial charge >= 0.3 is 5.97 Å². The monoisotopic (exact) mass is 294 g/mol. The second kappa shape index (κ2) is 6.31. The molecule has 1 aliphatic rings. The lowest BCUT2D eigenvalue weighted by molar-refractivity contribution is -0.384. The van der Waals surface area contributed by atoms with Crippen LogP contribution < -0.4 is 0 Å². The molecule has 0 N–H and O–H groups in total. The van der Waals surface area contributed by atoms with Gasteiger partial charge in [-0.15, -0.1) is 0 Å². The molecule has 8 nitrogen and oxygen atoms in total. The third-order valence-electron chi connectivity index (χ3n) is 3.17. The number of nitrogens with zero attached hydrogens (tertiary/aromatic N) is 2. The van der Waals surface area contributed by atoms with Crippen LogP contribution in [0.1, 0.15) is 10.4 Å². The number of hydrogen-bond donors (Lipinski definition) is 0. The van der Waals surface area contributed by atoms with E-state index in [9.17, 15) is 19.7 Å². The minimum atomic E-state index is -0.837. The average Bonchev–Trinajstić information content (AvgIpc) is 2.53. The SMILES string of the molecule is COC(=O)C1COCCN1C(=O)c1cccc([N+](=O)[O-])c1. The van der Waals surface area contributed by atoms with Gasteiger partial charge in [-0.1, -0.05) is 6.07 Å². The van der Waals surface area contributed by atoms with Crippen LogP contribution in [-0.4, -0.2) is 54.6 Å². The topological polar surface area (TPSA) is 99.0 Å². The highest BCUT2D eigenvalue weighted by atomic mass is 16.6. The normalized spacial score (nSPS) is 18.1. The van der Waals surface area contributed by atoms with Gasteiger partial charge in [-0.2, -0.15) is 0 Å². The number of carbonyl (C=O) groups excluding carboxylic acids is 2. The molecule has 1 fully saturated rings. The molecule has 1 aromatic carbocycles.